The normalized spacial score (nSPS) is 12.2. The Morgan fingerprint density at radius 1 is 1.32 bits per heavy atom. The van der Waals surface area contributed by atoms with Crippen molar-refractivity contribution in [3.8, 4) is 0 Å². The molecule has 102 valence electrons. The molecule has 6 nitrogen and oxygen atoms in total. The highest BCUT2D eigenvalue weighted by Crippen LogP contribution is 2.21. The van der Waals surface area contributed by atoms with Crippen LogP contribution >= 0.6 is 11.8 Å². The van der Waals surface area contributed by atoms with E-state index >= 15 is 0 Å². The van der Waals surface area contributed by atoms with Crippen LogP contribution in [0.1, 0.15) is 24.6 Å². The van der Waals surface area contributed by atoms with Gasteiger partial charge in [-0.1, -0.05) is 11.8 Å². The zero-order chi connectivity index (χ0) is 13.8. The molecule has 2 aromatic heterocycles. The molecule has 2 rings (SSSR count). The molecule has 0 saturated carbocycles. The third-order valence-electron chi connectivity index (χ3n) is 2.52. The first-order valence-corrected chi connectivity index (χ1v) is 7.14. The second-order valence-electron chi connectivity index (χ2n) is 4.05. The van der Waals surface area contributed by atoms with E-state index in [1.807, 2.05) is 33.2 Å². The van der Waals surface area contributed by atoms with Crippen LogP contribution in [0.4, 0.5) is 11.6 Å². The van der Waals surface area contributed by atoms with Gasteiger partial charge in [-0.25, -0.2) is 15.0 Å². The molecule has 0 aliphatic rings. The quantitative estimate of drug-likeness (QED) is 0.643. The van der Waals surface area contributed by atoms with Gasteiger partial charge in [0, 0.05) is 13.1 Å². The summed E-state index contributed by atoms with van der Waals surface area (Å²) in [5.41, 5.74) is 0. The predicted molar refractivity (Wildman–Crippen MR) is 76.6 cm³/mol. The minimum absolute atomic E-state index is 0.0528. The molecule has 0 aliphatic heterocycles. The molecule has 0 spiro atoms. The second-order valence-corrected chi connectivity index (χ2v) is 4.82. The first-order chi connectivity index (χ1) is 9.12. The van der Waals surface area contributed by atoms with E-state index in [-0.39, 0.29) is 6.04 Å². The standard InChI is InChI=1S/C12H17N5OS/c1-7-6-14-11(18-7)8(2)15-10-5-9(13-3)16-12(17-10)19-4/h5-6,8H,1-4H3,(H2,13,15,16,17). The lowest BCUT2D eigenvalue weighted by atomic mass is 10.3. The fraction of sp³-hybridized carbons (Fsp3) is 0.417. The highest BCUT2D eigenvalue weighted by Gasteiger charge is 2.13. The van der Waals surface area contributed by atoms with Crippen molar-refractivity contribution in [2.45, 2.75) is 25.0 Å². The Morgan fingerprint density at radius 3 is 2.63 bits per heavy atom. The Hall–Kier alpha value is -1.76. The van der Waals surface area contributed by atoms with Crippen LogP contribution in [-0.4, -0.2) is 28.3 Å². The Kier molecular flexibility index (Phi) is 4.26. The van der Waals surface area contributed by atoms with Crippen molar-refractivity contribution in [3.63, 3.8) is 0 Å². The minimum Gasteiger partial charge on any atom is -0.444 e. The molecule has 0 bridgehead atoms. The van der Waals surface area contributed by atoms with Crippen molar-refractivity contribution < 1.29 is 4.42 Å². The molecule has 2 aromatic rings. The number of nitrogens with zero attached hydrogens (tertiary/aromatic N) is 3. The Bertz CT molecular complexity index is 535. The fourth-order valence-electron chi connectivity index (χ4n) is 1.57. The van der Waals surface area contributed by atoms with Gasteiger partial charge in [-0.05, 0) is 20.1 Å². The average molecular weight is 279 g/mol. The number of aryl methyl sites for hydroxylation is 1. The van der Waals surface area contributed by atoms with Crippen LogP contribution in [0.2, 0.25) is 0 Å². The van der Waals surface area contributed by atoms with Gasteiger partial charge in [-0.15, -0.1) is 0 Å². The van der Waals surface area contributed by atoms with Crippen LogP contribution < -0.4 is 10.6 Å². The summed E-state index contributed by atoms with van der Waals surface area (Å²) < 4.78 is 5.49. The summed E-state index contributed by atoms with van der Waals surface area (Å²) in [6.45, 7) is 3.85. The van der Waals surface area contributed by atoms with Gasteiger partial charge < -0.3 is 15.1 Å². The van der Waals surface area contributed by atoms with E-state index in [1.165, 1.54) is 11.8 Å². The molecule has 0 fully saturated rings. The first kappa shape index (κ1) is 13.7. The number of hydrogen-bond acceptors (Lipinski definition) is 7. The molecule has 7 heteroatoms. The van der Waals surface area contributed by atoms with Gasteiger partial charge in [0.15, 0.2) is 5.16 Å². The van der Waals surface area contributed by atoms with Gasteiger partial charge >= 0.3 is 0 Å². The zero-order valence-electron chi connectivity index (χ0n) is 11.4. The summed E-state index contributed by atoms with van der Waals surface area (Å²) in [4.78, 5) is 12.9. The Labute approximate surface area is 116 Å². The Morgan fingerprint density at radius 2 is 2.05 bits per heavy atom. The Balaban J connectivity index is 2.18. The summed E-state index contributed by atoms with van der Waals surface area (Å²) >= 11 is 1.50. The number of anilines is 2. The van der Waals surface area contributed by atoms with E-state index in [1.54, 1.807) is 6.20 Å². The number of oxazole rings is 1. The van der Waals surface area contributed by atoms with Crippen LogP contribution in [0, 0.1) is 6.92 Å². The summed E-state index contributed by atoms with van der Waals surface area (Å²) in [6.07, 6.45) is 3.65. The third-order valence-corrected chi connectivity index (χ3v) is 3.07. The van der Waals surface area contributed by atoms with E-state index in [0.29, 0.717) is 11.0 Å². The summed E-state index contributed by atoms with van der Waals surface area (Å²) in [6, 6.07) is 1.80. The average Bonchev–Trinajstić information content (AvgIpc) is 2.85. The van der Waals surface area contributed by atoms with E-state index in [2.05, 4.69) is 25.6 Å². The lowest BCUT2D eigenvalue weighted by molar-refractivity contribution is 0.453. The number of aromatic nitrogens is 3. The summed E-state index contributed by atoms with van der Waals surface area (Å²) in [5, 5.41) is 6.99. The van der Waals surface area contributed by atoms with Crippen molar-refractivity contribution in [3.05, 3.63) is 23.9 Å². The van der Waals surface area contributed by atoms with Gasteiger partial charge in [0.05, 0.1) is 6.20 Å². The van der Waals surface area contributed by atoms with Crippen LogP contribution in [0.15, 0.2) is 21.8 Å². The second kappa shape index (κ2) is 5.92. The maximum absolute atomic E-state index is 5.49. The summed E-state index contributed by atoms with van der Waals surface area (Å²) in [7, 11) is 1.83. The van der Waals surface area contributed by atoms with E-state index in [0.717, 1.165) is 17.4 Å². The first-order valence-electron chi connectivity index (χ1n) is 5.92. The van der Waals surface area contributed by atoms with Gasteiger partial charge in [0.1, 0.15) is 23.4 Å². The van der Waals surface area contributed by atoms with Crippen LogP contribution in [0.25, 0.3) is 0 Å². The van der Waals surface area contributed by atoms with Gasteiger partial charge in [-0.2, -0.15) is 0 Å². The van der Waals surface area contributed by atoms with Gasteiger partial charge in [0.25, 0.3) is 0 Å². The van der Waals surface area contributed by atoms with Crippen molar-refractivity contribution >= 4 is 23.4 Å². The van der Waals surface area contributed by atoms with Crippen molar-refractivity contribution in [1.29, 1.82) is 0 Å². The number of hydrogen-bond donors (Lipinski definition) is 2. The maximum atomic E-state index is 5.49. The largest absolute Gasteiger partial charge is 0.444 e. The molecule has 2 heterocycles. The van der Waals surface area contributed by atoms with E-state index < -0.39 is 0 Å². The van der Waals surface area contributed by atoms with Gasteiger partial charge in [0.2, 0.25) is 5.89 Å². The highest BCUT2D eigenvalue weighted by atomic mass is 32.2. The lowest BCUT2D eigenvalue weighted by Crippen LogP contribution is -2.09. The topological polar surface area (TPSA) is 75.9 Å². The smallest absolute Gasteiger partial charge is 0.216 e. The predicted octanol–water partition coefficient (Wildman–Crippen LogP) is 2.71. The maximum Gasteiger partial charge on any atom is 0.216 e. The molecule has 0 radical (unpaired) electrons. The van der Waals surface area contributed by atoms with Crippen LogP contribution in [-0.2, 0) is 0 Å². The molecule has 1 atom stereocenters. The molecule has 0 saturated heterocycles. The minimum atomic E-state index is -0.0528. The van der Waals surface area contributed by atoms with Crippen LogP contribution in [0.5, 0.6) is 0 Å². The van der Waals surface area contributed by atoms with Crippen molar-refractivity contribution in [2.75, 3.05) is 23.9 Å². The molecule has 19 heavy (non-hydrogen) atoms. The molecule has 1 unspecified atom stereocenters. The third kappa shape index (κ3) is 3.37. The molecular formula is C12H17N5OS. The highest BCUT2D eigenvalue weighted by molar-refractivity contribution is 7.98. The molecule has 2 N–H and O–H groups in total. The summed E-state index contributed by atoms with van der Waals surface area (Å²) in [5.74, 6) is 2.96. The fourth-order valence-corrected chi connectivity index (χ4v) is 1.95. The molecular weight excluding hydrogens is 262 g/mol. The number of nitrogens with one attached hydrogen (secondary N) is 2. The van der Waals surface area contributed by atoms with Crippen LogP contribution in [0.3, 0.4) is 0 Å². The van der Waals surface area contributed by atoms with E-state index in [4.69, 9.17) is 4.42 Å². The lowest BCUT2D eigenvalue weighted by Gasteiger charge is -2.12. The molecule has 0 aromatic carbocycles. The molecule has 0 amide bonds. The molecule has 0 aliphatic carbocycles. The van der Waals surface area contributed by atoms with Crippen molar-refractivity contribution in [1.82, 2.24) is 15.0 Å². The number of thioether (sulfide) groups is 1. The SMILES string of the molecule is CNc1cc(NC(C)c2ncc(C)o2)nc(SC)n1. The van der Waals surface area contributed by atoms with Crippen molar-refractivity contribution in [2.24, 2.45) is 0 Å². The number of rotatable bonds is 5. The van der Waals surface area contributed by atoms with Gasteiger partial charge in [-0.3, -0.25) is 0 Å². The monoisotopic (exact) mass is 279 g/mol. The van der Waals surface area contributed by atoms with E-state index in [9.17, 15) is 0 Å². The zero-order valence-corrected chi connectivity index (χ0v) is 12.2.